The van der Waals surface area contributed by atoms with Crippen molar-refractivity contribution < 1.29 is 18.0 Å². The quantitative estimate of drug-likeness (QED) is 0.225. The molecule has 0 aliphatic carbocycles. The molecule has 3 heterocycles. The fourth-order valence-corrected chi connectivity index (χ4v) is 4.02. The SMILES string of the molecule is Cc1ccc(NC(=O)Nc2ccc(Cl)c(C(F)(F)F)c2)cc1C#Cc1cnc2c(Nc3cnn(C)c3)ccnn12. The van der Waals surface area contributed by atoms with Gasteiger partial charge in [-0.2, -0.15) is 23.4 Å². The Morgan fingerprint density at radius 1 is 0.975 bits per heavy atom. The average molecular weight is 565 g/mol. The van der Waals surface area contributed by atoms with E-state index in [-0.39, 0.29) is 5.69 Å². The Hall–Kier alpha value is -5.02. The van der Waals surface area contributed by atoms with Crippen molar-refractivity contribution in [2.24, 2.45) is 7.05 Å². The Morgan fingerprint density at radius 2 is 1.73 bits per heavy atom. The molecule has 3 aromatic heterocycles. The van der Waals surface area contributed by atoms with Gasteiger partial charge in [-0.05, 0) is 54.8 Å². The van der Waals surface area contributed by atoms with Crippen LogP contribution in [0.1, 0.15) is 22.4 Å². The van der Waals surface area contributed by atoms with Gasteiger partial charge in [-0.25, -0.2) is 14.3 Å². The summed E-state index contributed by atoms with van der Waals surface area (Å²) in [5.41, 5.74) is 3.44. The monoisotopic (exact) mass is 564 g/mol. The van der Waals surface area contributed by atoms with Gasteiger partial charge < -0.3 is 16.0 Å². The molecule has 0 bridgehead atoms. The summed E-state index contributed by atoms with van der Waals surface area (Å²) in [5.74, 6) is 6.14. The minimum Gasteiger partial charge on any atom is -0.350 e. The number of imidazole rings is 1. The number of urea groups is 1. The van der Waals surface area contributed by atoms with Crippen LogP contribution < -0.4 is 16.0 Å². The number of hydrogen-bond acceptors (Lipinski definition) is 5. The molecule has 0 saturated heterocycles. The summed E-state index contributed by atoms with van der Waals surface area (Å²) >= 11 is 5.64. The number of halogens is 4. The molecule has 0 spiro atoms. The summed E-state index contributed by atoms with van der Waals surface area (Å²) in [4.78, 5) is 16.9. The van der Waals surface area contributed by atoms with E-state index >= 15 is 0 Å². The first-order valence-electron chi connectivity index (χ1n) is 11.7. The fraction of sp³-hybridized carbons (Fsp3) is 0.111. The Bertz CT molecular complexity index is 1800. The minimum absolute atomic E-state index is 0.0566. The molecule has 2 aromatic carbocycles. The second-order valence-electron chi connectivity index (χ2n) is 8.70. The number of nitrogens with zero attached hydrogens (tertiary/aromatic N) is 5. The van der Waals surface area contributed by atoms with Gasteiger partial charge >= 0.3 is 12.2 Å². The number of hydrogen-bond donors (Lipinski definition) is 3. The molecule has 0 aliphatic rings. The number of aromatic nitrogens is 5. The molecule has 40 heavy (non-hydrogen) atoms. The number of benzene rings is 2. The van der Waals surface area contributed by atoms with E-state index in [4.69, 9.17) is 11.6 Å². The predicted molar refractivity (Wildman–Crippen MR) is 146 cm³/mol. The number of amides is 2. The van der Waals surface area contributed by atoms with Crippen LogP contribution in [0, 0.1) is 18.8 Å². The smallest absolute Gasteiger partial charge is 0.350 e. The third kappa shape index (κ3) is 5.84. The molecule has 13 heteroatoms. The molecule has 3 N–H and O–H groups in total. The van der Waals surface area contributed by atoms with Gasteiger partial charge in [-0.1, -0.05) is 23.6 Å². The second kappa shape index (κ2) is 10.6. The van der Waals surface area contributed by atoms with Gasteiger partial charge in [0.25, 0.3) is 0 Å². The maximum absolute atomic E-state index is 13.1. The zero-order chi connectivity index (χ0) is 28.4. The number of anilines is 4. The van der Waals surface area contributed by atoms with E-state index in [0.717, 1.165) is 29.1 Å². The van der Waals surface area contributed by atoms with Crippen LogP contribution in [0.2, 0.25) is 5.02 Å². The molecule has 0 saturated carbocycles. The average Bonchev–Trinajstić information content (AvgIpc) is 3.51. The van der Waals surface area contributed by atoms with Gasteiger partial charge in [0.2, 0.25) is 0 Å². The van der Waals surface area contributed by atoms with E-state index in [0.29, 0.717) is 22.6 Å². The molecule has 9 nitrogen and oxygen atoms in total. The first-order chi connectivity index (χ1) is 19.1. The normalized spacial score (nSPS) is 11.2. The largest absolute Gasteiger partial charge is 0.417 e. The number of carbonyl (C=O) groups excluding carboxylic acids is 1. The highest BCUT2D eigenvalue weighted by atomic mass is 35.5. The van der Waals surface area contributed by atoms with Crippen molar-refractivity contribution in [1.29, 1.82) is 0 Å². The molecule has 202 valence electrons. The van der Waals surface area contributed by atoms with Crippen molar-refractivity contribution >= 4 is 46.0 Å². The Kier molecular flexibility index (Phi) is 7.06. The van der Waals surface area contributed by atoms with Crippen LogP contribution in [0.4, 0.5) is 40.7 Å². The summed E-state index contributed by atoms with van der Waals surface area (Å²) in [6, 6.07) is 9.30. The topological polar surface area (TPSA) is 101 Å². The van der Waals surface area contributed by atoms with Crippen LogP contribution in [0.25, 0.3) is 5.65 Å². The van der Waals surface area contributed by atoms with Gasteiger partial charge in [0, 0.05) is 30.2 Å². The lowest BCUT2D eigenvalue weighted by Gasteiger charge is -2.12. The summed E-state index contributed by atoms with van der Waals surface area (Å²) in [7, 11) is 1.82. The number of fused-ring (bicyclic) bond motifs is 1. The van der Waals surface area contributed by atoms with E-state index < -0.39 is 22.8 Å². The van der Waals surface area contributed by atoms with Crippen molar-refractivity contribution in [2.45, 2.75) is 13.1 Å². The molecular weight excluding hydrogens is 545 g/mol. The third-order valence-corrected chi connectivity index (χ3v) is 6.07. The molecule has 0 unspecified atom stereocenters. The highest BCUT2D eigenvalue weighted by Crippen LogP contribution is 2.36. The van der Waals surface area contributed by atoms with Crippen molar-refractivity contribution in [3.05, 3.63) is 94.7 Å². The van der Waals surface area contributed by atoms with Crippen molar-refractivity contribution in [1.82, 2.24) is 24.4 Å². The van der Waals surface area contributed by atoms with Crippen molar-refractivity contribution in [2.75, 3.05) is 16.0 Å². The van der Waals surface area contributed by atoms with Crippen LogP contribution >= 0.6 is 11.6 Å². The zero-order valence-corrected chi connectivity index (χ0v) is 21.8. The summed E-state index contributed by atoms with van der Waals surface area (Å²) in [5, 5.41) is 16.3. The molecule has 0 aliphatic heterocycles. The van der Waals surface area contributed by atoms with E-state index in [1.54, 1.807) is 52.1 Å². The van der Waals surface area contributed by atoms with E-state index in [2.05, 4.69) is 43.0 Å². The van der Waals surface area contributed by atoms with Crippen LogP contribution in [-0.2, 0) is 13.2 Å². The van der Waals surface area contributed by atoms with Gasteiger partial charge in [-0.3, -0.25) is 4.68 Å². The third-order valence-electron chi connectivity index (χ3n) is 5.74. The molecule has 2 amide bonds. The predicted octanol–water partition coefficient (Wildman–Crippen LogP) is 6.23. The standard InChI is InChI=1S/C27H20ClF3N8O/c1-16-3-5-18(36-26(40)37-19-6-8-23(28)22(12-19)27(29,30)31)11-17(16)4-7-21-14-32-25-24(9-10-33-39(21)25)35-20-13-34-38(2)15-20/h3,5-6,8-15,35H,1-2H3,(H2,36,37,40). The first kappa shape index (κ1) is 26.6. The fourth-order valence-electron chi connectivity index (χ4n) is 3.80. The lowest BCUT2D eigenvalue weighted by Crippen LogP contribution is -2.20. The lowest BCUT2D eigenvalue weighted by molar-refractivity contribution is -0.137. The van der Waals surface area contributed by atoms with Crippen LogP contribution in [-0.4, -0.2) is 30.4 Å². The van der Waals surface area contributed by atoms with Crippen LogP contribution in [0.5, 0.6) is 0 Å². The summed E-state index contributed by atoms with van der Waals surface area (Å²) in [6.45, 7) is 1.86. The summed E-state index contributed by atoms with van der Waals surface area (Å²) in [6.07, 6.45) is 2.12. The van der Waals surface area contributed by atoms with Gasteiger partial charge in [0.1, 0.15) is 5.69 Å². The first-order valence-corrected chi connectivity index (χ1v) is 12.1. The second-order valence-corrected chi connectivity index (χ2v) is 9.11. The summed E-state index contributed by atoms with van der Waals surface area (Å²) < 4.78 is 42.7. The van der Waals surface area contributed by atoms with Crippen LogP contribution in [0.3, 0.4) is 0 Å². The Balaban J connectivity index is 1.33. The zero-order valence-electron chi connectivity index (χ0n) is 21.0. The Labute approximate surface area is 231 Å². The maximum atomic E-state index is 13.1. The highest BCUT2D eigenvalue weighted by Gasteiger charge is 2.33. The highest BCUT2D eigenvalue weighted by molar-refractivity contribution is 6.31. The van der Waals surface area contributed by atoms with Gasteiger partial charge in [0.15, 0.2) is 5.65 Å². The van der Waals surface area contributed by atoms with Crippen LogP contribution in [0.15, 0.2) is 67.3 Å². The molecular formula is C27H20ClF3N8O. The Morgan fingerprint density at radius 3 is 2.45 bits per heavy atom. The molecule has 0 radical (unpaired) electrons. The lowest BCUT2D eigenvalue weighted by atomic mass is 10.1. The number of nitrogens with one attached hydrogen (secondary N) is 3. The van der Waals surface area contributed by atoms with E-state index in [1.807, 2.05) is 20.2 Å². The van der Waals surface area contributed by atoms with Gasteiger partial charge in [-0.15, -0.1) is 0 Å². The van der Waals surface area contributed by atoms with Gasteiger partial charge in [0.05, 0.1) is 40.6 Å². The van der Waals surface area contributed by atoms with E-state index in [9.17, 15) is 18.0 Å². The number of aryl methyl sites for hydroxylation is 2. The maximum Gasteiger partial charge on any atom is 0.417 e. The molecule has 5 aromatic rings. The number of alkyl halides is 3. The van der Waals surface area contributed by atoms with Crippen molar-refractivity contribution in [3.8, 4) is 11.8 Å². The molecule has 0 atom stereocenters. The van der Waals surface area contributed by atoms with Crippen molar-refractivity contribution in [3.63, 3.8) is 0 Å². The number of rotatable bonds is 4. The molecule has 5 rings (SSSR count). The minimum atomic E-state index is -4.65. The van der Waals surface area contributed by atoms with E-state index in [1.165, 1.54) is 6.07 Å². The number of carbonyl (C=O) groups is 1. The molecule has 0 fully saturated rings.